The second-order valence-electron chi connectivity index (χ2n) is 6.08. The first-order chi connectivity index (χ1) is 10.0. The first-order valence-electron chi connectivity index (χ1n) is 7.36. The number of nitrogens with zero attached hydrogens (tertiary/aromatic N) is 2. The van der Waals surface area contributed by atoms with Crippen LogP contribution < -0.4 is 5.32 Å². The molecule has 1 aliphatic rings. The molecular formula is C14H24F3N3O2. The maximum atomic E-state index is 12.9. The molecule has 2 amide bonds. The summed E-state index contributed by atoms with van der Waals surface area (Å²) >= 11 is 0. The number of carbonyl (C=O) groups is 2. The third-order valence-corrected chi connectivity index (χ3v) is 4.00. The molecule has 128 valence electrons. The van der Waals surface area contributed by atoms with Crippen molar-refractivity contribution < 1.29 is 22.8 Å². The van der Waals surface area contributed by atoms with Gasteiger partial charge in [0.05, 0.1) is 6.54 Å². The largest absolute Gasteiger partial charge is 0.408 e. The van der Waals surface area contributed by atoms with E-state index in [1.807, 2.05) is 18.7 Å². The van der Waals surface area contributed by atoms with Gasteiger partial charge in [-0.2, -0.15) is 13.2 Å². The fourth-order valence-corrected chi connectivity index (χ4v) is 2.46. The molecule has 1 fully saturated rings. The third kappa shape index (κ3) is 5.15. The number of hydrogen-bond donors (Lipinski definition) is 1. The Hall–Kier alpha value is -1.31. The van der Waals surface area contributed by atoms with Crippen molar-refractivity contribution >= 4 is 11.8 Å². The lowest BCUT2D eigenvalue weighted by Gasteiger charge is -2.40. The number of likely N-dealkylation sites (N-methyl/N-ethyl adjacent to an activating group) is 1. The van der Waals surface area contributed by atoms with Crippen LogP contribution in [0, 0.1) is 0 Å². The molecule has 0 spiro atoms. The summed E-state index contributed by atoms with van der Waals surface area (Å²) in [7, 11) is 1.80. The van der Waals surface area contributed by atoms with Gasteiger partial charge in [0.25, 0.3) is 0 Å². The molecule has 1 N–H and O–H groups in total. The zero-order chi connectivity index (χ0) is 17.1. The molecule has 1 aliphatic heterocycles. The lowest BCUT2D eigenvalue weighted by atomic mass is 9.97. The summed E-state index contributed by atoms with van der Waals surface area (Å²) in [4.78, 5) is 26.0. The molecule has 0 radical (unpaired) electrons. The van der Waals surface area contributed by atoms with Crippen molar-refractivity contribution in [2.24, 2.45) is 0 Å². The smallest absolute Gasteiger partial charge is 0.350 e. The molecule has 0 bridgehead atoms. The molecule has 0 aromatic rings. The summed E-state index contributed by atoms with van der Waals surface area (Å²) in [5, 5.41) is 2.72. The van der Waals surface area contributed by atoms with Gasteiger partial charge in [0.15, 0.2) is 0 Å². The van der Waals surface area contributed by atoms with Crippen LogP contribution in [0.3, 0.4) is 0 Å². The van der Waals surface area contributed by atoms with E-state index < -0.39 is 24.2 Å². The molecule has 2 unspecified atom stereocenters. The highest BCUT2D eigenvalue weighted by molar-refractivity contribution is 5.78. The van der Waals surface area contributed by atoms with Crippen molar-refractivity contribution in [2.75, 3.05) is 20.1 Å². The monoisotopic (exact) mass is 323 g/mol. The Morgan fingerprint density at radius 1 is 1.32 bits per heavy atom. The topological polar surface area (TPSA) is 52.7 Å². The number of hydrogen-bond acceptors (Lipinski definition) is 3. The van der Waals surface area contributed by atoms with E-state index in [0.717, 1.165) is 11.8 Å². The molecule has 1 rings (SSSR count). The zero-order valence-corrected chi connectivity index (χ0v) is 13.4. The molecule has 8 heteroatoms. The molecule has 1 saturated heterocycles. The quantitative estimate of drug-likeness (QED) is 0.850. The Morgan fingerprint density at radius 2 is 1.91 bits per heavy atom. The van der Waals surface area contributed by atoms with Crippen molar-refractivity contribution in [3.63, 3.8) is 0 Å². The maximum Gasteiger partial charge on any atom is 0.408 e. The average Bonchev–Trinajstić information content (AvgIpc) is 2.36. The van der Waals surface area contributed by atoms with Gasteiger partial charge < -0.3 is 10.2 Å². The Labute approximate surface area is 128 Å². The second kappa shape index (κ2) is 7.30. The van der Waals surface area contributed by atoms with Gasteiger partial charge in [-0.15, -0.1) is 0 Å². The molecule has 0 saturated carbocycles. The third-order valence-electron chi connectivity index (χ3n) is 4.00. The summed E-state index contributed by atoms with van der Waals surface area (Å²) in [5.41, 5.74) is 0. The van der Waals surface area contributed by atoms with Crippen LogP contribution in [0.1, 0.15) is 33.6 Å². The fourth-order valence-electron chi connectivity index (χ4n) is 2.46. The van der Waals surface area contributed by atoms with E-state index in [0.29, 0.717) is 0 Å². The minimum absolute atomic E-state index is 0.101. The van der Waals surface area contributed by atoms with Gasteiger partial charge in [0.1, 0.15) is 6.04 Å². The molecule has 1 heterocycles. The van der Waals surface area contributed by atoms with Crippen LogP contribution in [0.25, 0.3) is 0 Å². The van der Waals surface area contributed by atoms with Crippen molar-refractivity contribution in [3.05, 3.63) is 0 Å². The predicted molar refractivity (Wildman–Crippen MR) is 76.2 cm³/mol. The zero-order valence-electron chi connectivity index (χ0n) is 13.4. The van der Waals surface area contributed by atoms with E-state index >= 15 is 0 Å². The van der Waals surface area contributed by atoms with Crippen LogP contribution in [0.4, 0.5) is 13.2 Å². The van der Waals surface area contributed by atoms with E-state index in [1.165, 1.54) is 0 Å². The number of alkyl halides is 3. The molecule has 0 aliphatic carbocycles. The summed E-state index contributed by atoms with van der Waals surface area (Å²) in [6.45, 7) is 5.08. The molecule has 0 aromatic heterocycles. The van der Waals surface area contributed by atoms with Crippen molar-refractivity contribution in [1.29, 1.82) is 0 Å². The highest BCUT2D eigenvalue weighted by Crippen LogP contribution is 2.31. The number of carbonyl (C=O) groups excluding carboxylic acids is 2. The highest BCUT2D eigenvalue weighted by atomic mass is 19.4. The van der Waals surface area contributed by atoms with Gasteiger partial charge in [0, 0.05) is 25.6 Å². The number of amides is 2. The van der Waals surface area contributed by atoms with Crippen LogP contribution >= 0.6 is 0 Å². The Balaban J connectivity index is 2.62. The Kier molecular flexibility index (Phi) is 6.22. The van der Waals surface area contributed by atoms with Crippen molar-refractivity contribution in [2.45, 2.75) is 57.9 Å². The Morgan fingerprint density at radius 3 is 2.36 bits per heavy atom. The SMILES string of the molecule is CC(=O)N1CC(NC(=O)CN(C)C(C)C)CCC1C(F)(F)F. The molecule has 0 aromatic carbocycles. The number of nitrogens with one attached hydrogen (secondary N) is 1. The summed E-state index contributed by atoms with van der Waals surface area (Å²) in [5.74, 6) is -0.865. The minimum Gasteiger partial charge on any atom is -0.350 e. The van der Waals surface area contributed by atoms with Gasteiger partial charge in [-0.25, -0.2) is 0 Å². The number of likely N-dealkylation sites (tertiary alicyclic amines) is 1. The van der Waals surface area contributed by atoms with Crippen LogP contribution in [-0.2, 0) is 9.59 Å². The molecule has 22 heavy (non-hydrogen) atoms. The predicted octanol–water partition coefficient (Wildman–Crippen LogP) is 1.38. The molecular weight excluding hydrogens is 299 g/mol. The van der Waals surface area contributed by atoms with Crippen molar-refractivity contribution in [1.82, 2.24) is 15.1 Å². The van der Waals surface area contributed by atoms with E-state index in [-0.39, 0.29) is 37.9 Å². The van der Waals surface area contributed by atoms with Gasteiger partial charge in [-0.3, -0.25) is 14.5 Å². The second-order valence-corrected chi connectivity index (χ2v) is 6.08. The maximum absolute atomic E-state index is 12.9. The summed E-state index contributed by atoms with van der Waals surface area (Å²) < 4.78 is 38.7. The highest BCUT2D eigenvalue weighted by Gasteiger charge is 2.47. The van der Waals surface area contributed by atoms with Gasteiger partial charge >= 0.3 is 6.18 Å². The van der Waals surface area contributed by atoms with Crippen LogP contribution in [-0.4, -0.2) is 66.1 Å². The van der Waals surface area contributed by atoms with E-state index in [2.05, 4.69) is 5.32 Å². The van der Waals surface area contributed by atoms with Crippen LogP contribution in [0.15, 0.2) is 0 Å². The van der Waals surface area contributed by atoms with Crippen molar-refractivity contribution in [3.8, 4) is 0 Å². The van der Waals surface area contributed by atoms with Gasteiger partial charge in [-0.05, 0) is 33.7 Å². The molecule has 2 atom stereocenters. The van der Waals surface area contributed by atoms with Gasteiger partial charge in [0.2, 0.25) is 11.8 Å². The standard InChI is InChI=1S/C14H24F3N3O2/c1-9(2)19(4)8-13(22)18-11-5-6-12(14(15,16)17)20(7-11)10(3)21/h9,11-12H,5-8H2,1-4H3,(H,18,22). The fraction of sp³-hybridized carbons (Fsp3) is 0.857. The molecule has 5 nitrogen and oxygen atoms in total. The van der Waals surface area contributed by atoms with Crippen LogP contribution in [0.5, 0.6) is 0 Å². The van der Waals surface area contributed by atoms with Gasteiger partial charge in [-0.1, -0.05) is 0 Å². The first kappa shape index (κ1) is 18.7. The lowest BCUT2D eigenvalue weighted by Crippen LogP contribution is -2.58. The summed E-state index contributed by atoms with van der Waals surface area (Å²) in [6.07, 6.45) is -4.41. The van der Waals surface area contributed by atoms with E-state index in [4.69, 9.17) is 0 Å². The van der Waals surface area contributed by atoms with E-state index in [9.17, 15) is 22.8 Å². The first-order valence-corrected chi connectivity index (χ1v) is 7.36. The number of rotatable bonds is 4. The van der Waals surface area contributed by atoms with E-state index in [1.54, 1.807) is 7.05 Å². The summed E-state index contributed by atoms with van der Waals surface area (Å²) in [6, 6.07) is -1.99. The normalized spacial score (nSPS) is 23.0. The number of halogens is 3. The minimum atomic E-state index is -4.43. The average molecular weight is 323 g/mol. The number of piperidine rings is 1. The Bertz CT molecular complexity index is 413. The lowest BCUT2D eigenvalue weighted by molar-refractivity contribution is -0.196. The van der Waals surface area contributed by atoms with Crippen LogP contribution in [0.2, 0.25) is 0 Å².